The van der Waals surface area contributed by atoms with Crippen LogP contribution in [0.3, 0.4) is 0 Å². The number of fused-ring (bicyclic) bond motifs is 1. The average molecular weight is 410 g/mol. The molecule has 0 saturated heterocycles. The van der Waals surface area contributed by atoms with Gasteiger partial charge in [-0.25, -0.2) is 9.18 Å². The molecule has 1 heterocycles. The normalized spacial score (nSPS) is 26.8. The first-order valence-electron chi connectivity index (χ1n) is 10.6. The van der Waals surface area contributed by atoms with Crippen LogP contribution in [-0.2, 0) is 11.3 Å². The van der Waals surface area contributed by atoms with Crippen molar-refractivity contribution in [3.05, 3.63) is 76.2 Å². The molecule has 6 heteroatoms. The smallest absolute Gasteiger partial charge is 0.346 e. The van der Waals surface area contributed by atoms with E-state index in [0.29, 0.717) is 37.8 Å². The molecule has 0 spiro atoms. The van der Waals surface area contributed by atoms with Crippen LogP contribution in [0.25, 0.3) is 0 Å². The van der Waals surface area contributed by atoms with Gasteiger partial charge in [0.1, 0.15) is 12.4 Å². The summed E-state index contributed by atoms with van der Waals surface area (Å²) in [7, 11) is 0. The van der Waals surface area contributed by atoms with E-state index >= 15 is 0 Å². The van der Waals surface area contributed by atoms with Gasteiger partial charge in [-0.2, -0.15) is 0 Å². The summed E-state index contributed by atoms with van der Waals surface area (Å²) >= 11 is 0. The molecule has 0 radical (unpaired) electrons. The van der Waals surface area contributed by atoms with E-state index in [1.54, 1.807) is 24.3 Å². The summed E-state index contributed by atoms with van der Waals surface area (Å²) in [6.07, 6.45) is 2.39. The van der Waals surface area contributed by atoms with Crippen molar-refractivity contribution in [3.8, 4) is 0 Å². The van der Waals surface area contributed by atoms with E-state index in [9.17, 15) is 19.2 Å². The van der Waals surface area contributed by atoms with Gasteiger partial charge in [0.05, 0.1) is 11.6 Å². The van der Waals surface area contributed by atoms with E-state index in [-0.39, 0.29) is 42.1 Å². The molecule has 2 atom stereocenters. The number of nitrogens with one attached hydrogen (secondary N) is 1. The minimum Gasteiger partial charge on any atom is -0.625 e. The first kappa shape index (κ1) is 20.7. The third-order valence-corrected chi connectivity index (χ3v) is 6.68. The second kappa shape index (κ2) is 8.28. The van der Waals surface area contributed by atoms with Crippen LogP contribution in [0.5, 0.6) is 0 Å². The Kier molecular flexibility index (Phi) is 5.71. The summed E-state index contributed by atoms with van der Waals surface area (Å²) in [5.74, 6) is -0.664. The van der Waals surface area contributed by atoms with Gasteiger partial charge in [0.25, 0.3) is 0 Å². The lowest BCUT2D eigenvalue weighted by molar-refractivity contribution is -0.836. The number of amides is 2. The second-order valence-electron chi connectivity index (χ2n) is 8.62. The zero-order chi connectivity index (χ0) is 21.3. The van der Waals surface area contributed by atoms with Crippen molar-refractivity contribution >= 4 is 11.8 Å². The molecular weight excluding hydrogens is 383 g/mol. The van der Waals surface area contributed by atoms with Crippen molar-refractivity contribution < 1.29 is 18.6 Å². The molecule has 2 amide bonds. The number of carbonyl (C=O) groups excluding carboxylic acids is 2. The van der Waals surface area contributed by atoms with Gasteiger partial charge in [-0.05, 0) is 42.5 Å². The maximum atomic E-state index is 13.4. The Morgan fingerprint density at radius 2 is 1.80 bits per heavy atom. The first-order chi connectivity index (χ1) is 14.4. The van der Waals surface area contributed by atoms with Gasteiger partial charge in [0.15, 0.2) is 0 Å². The van der Waals surface area contributed by atoms with E-state index in [1.807, 2.05) is 19.1 Å². The van der Waals surface area contributed by atoms with Crippen molar-refractivity contribution in [1.82, 2.24) is 5.32 Å². The molecule has 1 unspecified atom stereocenters. The van der Waals surface area contributed by atoms with Gasteiger partial charge >= 0.3 is 5.91 Å². The maximum absolute atomic E-state index is 13.4. The fourth-order valence-electron chi connectivity index (χ4n) is 4.75. The van der Waals surface area contributed by atoms with Gasteiger partial charge in [-0.3, -0.25) is 9.44 Å². The lowest BCUT2D eigenvalue weighted by Crippen LogP contribution is -2.52. The van der Waals surface area contributed by atoms with E-state index < -0.39 is 4.65 Å². The topological polar surface area (TPSA) is 69.2 Å². The number of hydroxylamine groups is 3. The summed E-state index contributed by atoms with van der Waals surface area (Å²) in [6.45, 7) is 2.68. The number of halogens is 1. The highest BCUT2D eigenvalue weighted by Crippen LogP contribution is 2.38. The molecule has 1 aliphatic carbocycles. The van der Waals surface area contributed by atoms with Crippen LogP contribution in [0.4, 0.5) is 4.39 Å². The highest BCUT2D eigenvalue weighted by Gasteiger charge is 2.45. The standard InChI is InChI=1S/C24H27FN2O3/c1-16(17-6-10-20(25)11-7-17)14-26-23(28)18-8-12-21(13-9-18)27(30)15-19-4-2-3-5-22(19)24(27)29/h2-7,10-11,16,18,21H,8-9,12-15H2,1H3,(H,26,28)/t16-,18?,21?,27?/m0/s1. The van der Waals surface area contributed by atoms with Crippen molar-refractivity contribution in [2.45, 2.75) is 51.1 Å². The monoisotopic (exact) mass is 410 g/mol. The zero-order valence-corrected chi connectivity index (χ0v) is 17.1. The minimum absolute atomic E-state index is 0.00380. The van der Waals surface area contributed by atoms with Crippen LogP contribution in [-0.4, -0.2) is 29.0 Å². The van der Waals surface area contributed by atoms with Crippen molar-refractivity contribution in [2.24, 2.45) is 5.92 Å². The molecule has 158 valence electrons. The molecular formula is C24H27FN2O3. The van der Waals surface area contributed by atoms with Crippen molar-refractivity contribution in [3.63, 3.8) is 0 Å². The summed E-state index contributed by atoms with van der Waals surface area (Å²) < 4.78 is 12.3. The van der Waals surface area contributed by atoms with Gasteiger partial charge in [-0.1, -0.05) is 37.3 Å². The van der Waals surface area contributed by atoms with Gasteiger partial charge in [0.2, 0.25) is 5.91 Å². The number of hydrogen-bond acceptors (Lipinski definition) is 3. The average Bonchev–Trinajstić information content (AvgIpc) is 3.04. The molecule has 2 aromatic carbocycles. The Labute approximate surface area is 176 Å². The first-order valence-corrected chi connectivity index (χ1v) is 10.6. The predicted octanol–water partition coefficient (Wildman–Crippen LogP) is 4.27. The highest BCUT2D eigenvalue weighted by molar-refractivity contribution is 5.93. The molecule has 2 aromatic rings. The number of quaternary nitrogens is 1. The SMILES string of the molecule is C[C@@H](CNC(=O)C1CCC([N+]2([O-])Cc3ccccc3C2=O)CC1)c1ccc(F)cc1. The minimum atomic E-state index is -0.810. The summed E-state index contributed by atoms with van der Waals surface area (Å²) in [4.78, 5) is 25.3. The summed E-state index contributed by atoms with van der Waals surface area (Å²) in [5, 5.41) is 16.4. The molecule has 1 fully saturated rings. The van der Waals surface area contributed by atoms with Crippen LogP contribution in [0.15, 0.2) is 48.5 Å². The van der Waals surface area contributed by atoms with Gasteiger partial charge in [-0.15, -0.1) is 0 Å². The number of benzene rings is 2. The van der Waals surface area contributed by atoms with Crippen LogP contribution in [0.2, 0.25) is 0 Å². The van der Waals surface area contributed by atoms with Crippen LogP contribution >= 0.6 is 0 Å². The molecule has 5 nitrogen and oxygen atoms in total. The second-order valence-corrected chi connectivity index (χ2v) is 8.62. The Morgan fingerprint density at radius 3 is 2.47 bits per heavy atom. The van der Waals surface area contributed by atoms with Crippen LogP contribution < -0.4 is 5.32 Å². The van der Waals surface area contributed by atoms with Gasteiger partial charge < -0.3 is 10.5 Å². The Bertz CT molecular complexity index is 938. The molecule has 0 bridgehead atoms. The highest BCUT2D eigenvalue weighted by atomic mass is 19.1. The summed E-state index contributed by atoms with van der Waals surface area (Å²) in [5.41, 5.74) is 2.35. The third kappa shape index (κ3) is 3.89. The predicted molar refractivity (Wildman–Crippen MR) is 112 cm³/mol. The quantitative estimate of drug-likeness (QED) is 0.591. The van der Waals surface area contributed by atoms with Crippen molar-refractivity contribution in [1.29, 1.82) is 0 Å². The number of nitrogens with zero attached hydrogens (tertiary/aromatic N) is 1. The van der Waals surface area contributed by atoms with Gasteiger partial charge in [0, 0.05) is 30.9 Å². The van der Waals surface area contributed by atoms with E-state index in [2.05, 4.69) is 5.32 Å². The summed E-state index contributed by atoms with van der Waals surface area (Å²) in [6, 6.07) is 13.3. The lowest BCUT2D eigenvalue weighted by Gasteiger charge is -2.45. The number of hydrogen-bond donors (Lipinski definition) is 1. The fourth-order valence-corrected chi connectivity index (χ4v) is 4.75. The van der Waals surface area contributed by atoms with E-state index in [0.717, 1.165) is 11.1 Å². The molecule has 1 N–H and O–H groups in total. The molecule has 0 aromatic heterocycles. The zero-order valence-electron chi connectivity index (χ0n) is 17.1. The molecule has 1 saturated carbocycles. The Balaban J connectivity index is 1.30. The Morgan fingerprint density at radius 1 is 1.13 bits per heavy atom. The van der Waals surface area contributed by atoms with E-state index in [4.69, 9.17) is 0 Å². The van der Waals surface area contributed by atoms with Crippen molar-refractivity contribution in [2.75, 3.05) is 6.54 Å². The fraction of sp³-hybridized carbons (Fsp3) is 0.417. The number of rotatable bonds is 5. The lowest BCUT2D eigenvalue weighted by atomic mass is 9.84. The number of carbonyl (C=O) groups is 2. The molecule has 1 aliphatic heterocycles. The molecule has 4 rings (SSSR count). The maximum Gasteiger partial charge on any atom is 0.346 e. The van der Waals surface area contributed by atoms with Crippen LogP contribution in [0.1, 0.15) is 60.0 Å². The Hall–Kier alpha value is -2.57. The molecule has 2 aliphatic rings. The molecule has 30 heavy (non-hydrogen) atoms. The third-order valence-electron chi connectivity index (χ3n) is 6.68. The largest absolute Gasteiger partial charge is 0.625 e. The van der Waals surface area contributed by atoms with Crippen LogP contribution in [0, 0.1) is 16.9 Å². The van der Waals surface area contributed by atoms with E-state index in [1.165, 1.54) is 12.1 Å².